The summed E-state index contributed by atoms with van der Waals surface area (Å²) in [7, 11) is 1.92. The summed E-state index contributed by atoms with van der Waals surface area (Å²) >= 11 is 5.19. The van der Waals surface area contributed by atoms with E-state index in [1.54, 1.807) is 0 Å². The Morgan fingerprint density at radius 2 is 1.82 bits per heavy atom. The molecule has 2 aliphatic carbocycles. The zero-order chi connectivity index (χ0) is 12.5. The highest BCUT2D eigenvalue weighted by atomic mass is 32.1. The summed E-state index contributed by atoms with van der Waals surface area (Å²) in [6, 6.07) is 0.427. The number of nitrogens with two attached hydrogens (primary N) is 1. The van der Waals surface area contributed by atoms with E-state index in [-0.39, 0.29) is 5.91 Å². The van der Waals surface area contributed by atoms with Crippen molar-refractivity contribution in [3.63, 3.8) is 0 Å². The molecule has 0 saturated heterocycles. The minimum atomic E-state index is -0.530. The van der Waals surface area contributed by atoms with E-state index < -0.39 is 5.41 Å². The molecule has 1 amide bonds. The number of nitrogens with zero attached hydrogens (tertiary/aromatic N) is 1. The molecule has 2 saturated carbocycles. The summed E-state index contributed by atoms with van der Waals surface area (Å²) in [5, 5.41) is 0. The lowest BCUT2D eigenvalue weighted by atomic mass is 9.72. The molecule has 4 heteroatoms. The third-order valence-electron chi connectivity index (χ3n) is 4.53. The number of carbonyl (C=O) groups is 1. The molecule has 0 atom stereocenters. The maximum atomic E-state index is 12.7. The van der Waals surface area contributed by atoms with Gasteiger partial charge in [0.25, 0.3) is 0 Å². The van der Waals surface area contributed by atoms with Gasteiger partial charge in [0.15, 0.2) is 0 Å². The fourth-order valence-electron chi connectivity index (χ4n) is 3.00. The molecule has 2 N–H and O–H groups in total. The summed E-state index contributed by atoms with van der Waals surface area (Å²) in [6.45, 7) is 0. The smallest absolute Gasteiger partial charge is 0.235 e. The molecule has 0 aliphatic heterocycles. The van der Waals surface area contributed by atoms with Gasteiger partial charge < -0.3 is 10.6 Å². The Labute approximate surface area is 109 Å². The van der Waals surface area contributed by atoms with Crippen molar-refractivity contribution in [3.8, 4) is 0 Å². The Bertz CT molecular complexity index is 319. The van der Waals surface area contributed by atoms with Crippen LogP contribution in [-0.4, -0.2) is 28.9 Å². The first-order valence-corrected chi connectivity index (χ1v) is 7.06. The quantitative estimate of drug-likeness (QED) is 0.786. The highest BCUT2D eigenvalue weighted by molar-refractivity contribution is 7.80. The fraction of sp³-hybridized carbons (Fsp3) is 0.846. The van der Waals surface area contributed by atoms with Crippen molar-refractivity contribution >= 4 is 23.1 Å². The van der Waals surface area contributed by atoms with Gasteiger partial charge in [-0.15, -0.1) is 0 Å². The fourth-order valence-corrected chi connectivity index (χ4v) is 3.29. The van der Waals surface area contributed by atoms with Crippen LogP contribution in [-0.2, 0) is 4.79 Å². The molecule has 0 heterocycles. The van der Waals surface area contributed by atoms with Crippen LogP contribution < -0.4 is 5.73 Å². The summed E-state index contributed by atoms with van der Waals surface area (Å²) in [5.74, 6) is 0.175. The zero-order valence-electron chi connectivity index (χ0n) is 10.6. The standard InChI is InChI=1S/C13H22N2OS/c1-15(10-6-5-7-10)12(16)13(11(14)17)8-3-2-4-9-13/h10H,2-9H2,1H3,(H2,14,17). The van der Waals surface area contributed by atoms with Crippen LogP contribution in [0.2, 0.25) is 0 Å². The number of carbonyl (C=O) groups excluding carboxylic acids is 1. The predicted octanol–water partition coefficient (Wildman–Crippen LogP) is 2.23. The van der Waals surface area contributed by atoms with Gasteiger partial charge in [0.05, 0.1) is 10.4 Å². The molecular weight excluding hydrogens is 232 g/mol. The van der Waals surface area contributed by atoms with Crippen molar-refractivity contribution in [2.24, 2.45) is 11.1 Å². The first kappa shape index (κ1) is 12.8. The molecule has 3 nitrogen and oxygen atoms in total. The predicted molar refractivity (Wildman–Crippen MR) is 72.7 cm³/mol. The molecule has 0 radical (unpaired) electrons. The van der Waals surface area contributed by atoms with Crippen LogP contribution in [0.15, 0.2) is 0 Å². The SMILES string of the molecule is CN(C(=O)C1(C(N)=S)CCCCC1)C1CCC1. The van der Waals surface area contributed by atoms with Gasteiger partial charge in [-0.25, -0.2) is 0 Å². The Kier molecular flexibility index (Phi) is 3.71. The van der Waals surface area contributed by atoms with E-state index in [4.69, 9.17) is 18.0 Å². The number of rotatable bonds is 3. The molecule has 2 aliphatic rings. The van der Waals surface area contributed by atoms with E-state index in [9.17, 15) is 4.79 Å². The Morgan fingerprint density at radius 3 is 2.24 bits per heavy atom. The number of hydrogen-bond donors (Lipinski definition) is 1. The van der Waals surface area contributed by atoms with E-state index in [2.05, 4.69) is 0 Å². The summed E-state index contributed by atoms with van der Waals surface area (Å²) < 4.78 is 0. The maximum absolute atomic E-state index is 12.7. The average Bonchev–Trinajstić information content (AvgIpc) is 2.26. The normalized spacial score (nSPS) is 23.8. The van der Waals surface area contributed by atoms with E-state index in [1.165, 1.54) is 12.8 Å². The van der Waals surface area contributed by atoms with Crippen molar-refractivity contribution in [1.82, 2.24) is 4.90 Å². The van der Waals surface area contributed by atoms with Gasteiger partial charge in [-0.05, 0) is 32.1 Å². The van der Waals surface area contributed by atoms with Gasteiger partial charge in [0.1, 0.15) is 0 Å². The minimum Gasteiger partial charge on any atom is -0.392 e. The van der Waals surface area contributed by atoms with Crippen molar-refractivity contribution in [3.05, 3.63) is 0 Å². The van der Waals surface area contributed by atoms with Crippen LogP contribution in [0.25, 0.3) is 0 Å². The second kappa shape index (κ2) is 4.92. The van der Waals surface area contributed by atoms with Crippen molar-refractivity contribution in [1.29, 1.82) is 0 Å². The Balaban J connectivity index is 2.14. The molecule has 17 heavy (non-hydrogen) atoms. The van der Waals surface area contributed by atoms with Gasteiger partial charge in [-0.2, -0.15) is 0 Å². The van der Waals surface area contributed by atoms with Gasteiger partial charge in [-0.1, -0.05) is 31.5 Å². The molecule has 0 spiro atoms. The molecule has 0 unspecified atom stereocenters. The summed E-state index contributed by atoms with van der Waals surface area (Å²) in [6.07, 6.45) is 8.54. The molecular formula is C13H22N2OS. The van der Waals surface area contributed by atoms with Crippen LogP contribution in [0.5, 0.6) is 0 Å². The largest absolute Gasteiger partial charge is 0.392 e. The minimum absolute atomic E-state index is 0.175. The summed E-state index contributed by atoms with van der Waals surface area (Å²) in [5.41, 5.74) is 5.35. The highest BCUT2D eigenvalue weighted by Gasteiger charge is 2.45. The van der Waals surface area contributed by atoms with E-state index in [0.717, 1.165) is 38.5 Å². The zero-order valence-corrected chi connectivity index (χ0v) is 11.4. The monoisotopic (exact) mass is 254 g/mol. The van der Waals surface area contributed by atoms with Crippen LogP contribution in [0, 0.1) is 5.41 Å². The van der Waals surface area contributed by atoms with Gasteiger partial charge in [0, 0.05) is 13.1 Å². The number of thiocarbonyl (C=S) groups is 1. The molecule has 0 bridgehead atoms. The van der Waals surface area contributed by atoms with Gasteiger partial charge in [0.2, 0.25) is 5.91 Å². The van der Waals surface area contributed by atoms with E-state index in [1.807, 2.05) is 11.9 Å². The van der Waals surface area contributed by atoms with Crippen molar-refractivity contribution < 1.29 is 4.79 Å². The average molecular weight is 254 g/mol. The molecule has 0 aromatic rings. The second-order valence-corrected chi connectivity index (χ2v) is 5.95. The van der Waals surface area contributed by atoms with E-state index in [0.29, 0.717) is 11.0 Å². The lowest BCUT2D eigenvalue weighted by molar-refractivity contribution is -0.142. The first-order chi connectivity index (χ1) is 8.08. The van der Waals surface area contributed by atoms with Crippen LogP contribution in [0.1, 0.15) is 51.4 Å². The third-order valence-corrected chi connectivity index (χ3v) is 4.92. The molecule has 0 aromatic heterocycles. The molecule has 2 fully saturated rings. The lowest BCUT2D eigenvalue weighted by Crippen LogP contribution is -2.54. The number of amides is 1. The topological polar surface area (TPSA) is 46.3 Å². The first-order valence-electron chi connectivity index (χ1n) is 6.65. The Morgan fingerprint density at radius 1 is 1.24 bits per heavy atom. The van der Waals surface area contributed by atoms with Gasteiger partial charge >= 0.3 is 0 Å². The van der Waals surface area contributed by atoms with Crippen molar-refractivity contribution in [2.75, 3.05) is 7.05 Å². The van der Waals surface area contributed by atoms with Gasteiger partial charge in [-0.3, -0.25) is 4.79 Å². The highest BCUT2D eigenvalue weighted by Crippen LogP contribution is 2.39. The maximum Gasteiger partial charge on any atom is 0.235 e. The number of hydrogen-bond acceptors (Lipinski definition) is 2. The molecule has 0 aromatic carbocycles. The van der Waals surface area contributed by atoms with Crippen LogP contribution in [0.3, 0.4) is 0 Å². The van der Waals surface area contributed by atoms with E-state index >= 15 is 0 Å². The van der Waals surface area contributed by atoms with Crippen LogP contribution >= 0.6 is 12.2 Å². The molecule has 2 rings (SSSR count). The third kappa shape index (κ3) is 2.19. The molecule has 96 valence electrons. The summed E-state index contributed by atoms with van der Waals surface area (Å²) in [4.78, 5) is 15.0. The van der Waals surface area contributed by atoms with Crippen LogP contribution in [0.4, 0.5) is 0 Å². The second-order valence-electron chi connectivity index (χ2n) is 5.51. The van der Waals surface area contributed by atoms with Crippen molar-refractivity contribution in [2.45, 2.75) is 57.4 Å². The Hall–Kier alpha value is -0.640. The lowest BCUT2D eigenvalue weighted by Gasteiger charge is -2.43.